The fourth-order valence-corrected chi connectivity index (χ4v) is 1.46. The van der Waals surface area contributed by atoms with E-state index < -0.39 is 6.55 Å². The predicted octanol–water partition coefficient (Wildman–Crippen LogP) is 3.08. The summed E-state index contributed by atoms with van der Waals surface area (Å²) in [6, 6.07) is 6.58. The molecule has 0 aliphatic carbocycles. The Labute approximate surface area is 77.8 Å². The number of alkyl halides is 2. The number of imidazole rings is 1. The van der Waals surface area contributed by atoms with Crippen LogP contribution in [0.3, 0.4) is 0 Å². The SMILES string of the molecule is FC(F)n1c(Cl)nc2ccccc21. The minimum atomic E-state index is -2.65. The molecule has 68 valence electrons. The van der Waals surface area contributed by atoms with Gasteiger partial charge in [-0.15, -0.1) is 0 Å². The quantitative estimate of drug-likeness (QED) is 0.695. The van der Waals surface area contributed by atoms with E-state index in [1.807, 2.05) is 0 Å². The molecule has 0 amide bonds. The molecule has 0 atom stereocenters. The molecular weight excluding hydrogens is 198 g/mol. The van der Waals surface area contributed by atoms with E-state index in [1.54, 1.807) is 24.3 Å². The lowest BCUT2D eigenvalue weighted by atomic mass is 10.3. The molecule has 0 bridgehead atoms. The Morgan fingerprint density at radius 3 is 2.69 bits per heavy atom. The topological polar surface area (TPSA) is 17.8 Å². The highest BCUT2D eigenvalue weighted by atomic mass is 35.5. The van der Waals surface area contributed by atoms with E-state index in [-0.39, 0.29) is 5.28 Å². The maximum Gasteiger partial charge on any atom is 0.321 e. The Bertz CT molecular complexity index is 439. The first-order chi connectivity index (χ1) is 6.20. The van der Waals surface area contributed by atoms with E-state index in [1.165, 1.54) is 0 Å². The van der Waals surface area contributed by atoms with Gasteiger partial charge in [0.05, 0.1) is 11.0 Å². The van der Waals surface area contributed by atoms with Gasteiger partial charge in [-0.2, -0.15) is 8.78 Å². The van der Waals surface area contributed by atoms with Crippen molar-refractivity contribution in [1.29, 1.82) is 0 Å². The number of nitrogens with zero attached hydrogens (tertiary/aromatic N) is 2. The van der Waals surface area contributed by atoms with Crippen LogP contribution in [0.1, 0.15) is 6.55 Å². The van der Waals surface area contributed by atoms with Crippen molar-refractivity contribution in [2.75, 3.05) is 0 Å². The van der Waals surface area contributed by atoms with Crippen LogP contribution in [0.15, 0.2) is 24.3 Å². The maximum absolute atomic E-state index is 12.4. The van der Waals surface area contributed by atoms with Gasteiger partial charge in [0.2, 0.25) is 5.28 Å². The van der Waals surface area contributed by atoms with Crippen molar-refractivity contribution >= 4 is 22.6 Å². The van der Waals surface area contributed by atoms with Crippen LogP contribution in [0.5, 0.6) is 0 Å². The minimum absolute atomic E-state index is 0.184. The predicted molar refractivity (Wildman–Crippen MR) is 46.0 cm³/mol. The van der Waals surface area contributed by atoms with E-state index in [2.05, 4.69) is 4.98 Å². The summed E-state index contributed by atoms with van der Waals surface area (Å²) in [7, 11) is 0. The maximum atomic E-state index is 12.4. The molecule has 0 fully saturated rings. The molecule has 0 unspecified atom stereocenters. The van der Waals surface area contributed by atoms with Gasteiger partial charge in [0.1, 0.15) is 0 Å². The van der Waals surface area contributed by atoms with Gasteiger partial charge in [-0.1, -0.05) is 12.1 Å². The third-order valence-electron chi connectivity index (χ3n) is 1.75. The van der Waals surface area contributed by atoms with Gasteiger partial charge >= 0.3 is 6.55 Å². The van der Waals surface area contributed by atoms with Gasteiger partial charge in [0.15, 0.2) is 0 Å². The second-order valence-electron chi connectivity index (χ2n) is 2.52. The van der Waals surface area contributed by atoms with Crippen LogP contribution in [-0.2, 0) is 0 Å². The molecule has 0 saturated carbocycles. The van der Waals surface area contributed by atoms with Crippen LogP contribution in [0, 0.1) is 0 Å². The van der Waals surface area contributed by atoms with Gasteiger partial charge < -0.3 is 0 Å². The van der Waals surface area contributed by atoms with Crippen molar-refractivity contribution in [1.82, 2.24) is 9.55 Å². The monoisotopic (exact) mass is 202 g/mol. The highest BCUT2D eigenvalue weighted by Gasteiger charge is 2.15. The number of aromatic nitrogens is 2. The molecular formula is C8H5ClF2N2. The normalized spacial score (nSPS) is 11.4. The fourth-order valence-electron chi connectivity index (χ4n) is 1.20. The number of rotatable bonds is 1. The van der Waals surface area contributed by atoms with Crippen LogP contribution >= 0.6 is 11.6 Å². The van der Waals surface area contributed by atoms with Crippen molar-refractivity contribution in [2.45, 2.75) is 6.55 Å². The summed E-state index contributed by atoms with van der Waals surface area (Å²) in [6.07, 6.45) is 0. The number of fused-ring (bicyclic) bond motifs is 1. The average molecular weight is 203 g/mol. The molecule has 0 aliphatic heterocycles. The molecule has 0 spiro atoms. The molecule has 1 aromatic heterocycles. The van der Waals surface area contributed by atoms with E-state index in [0.717, 1.165) is 0 Å². The standard InChI is InChI=1S/C8H5ClF2N2/c9-7-12-5-3-1-2-4-6(5)13(7)8(10)11/h1-4,8H. The molecule has 0 saturated heterocycles. The van der Waals surface area contributed by atoms with Crippen LogP contribution in [0.2, 0.25) is 5.28 Å². The van der Waals surface area contributed by atoms with Crippen molar-refractivity contribution < 1.29 is 8.78 Å². The van der Waals surface area contributed by atoms with E-state index >= 15 is 0 Å². The summed E-state index contributed by atoms with van der Waals surface area (Å²) in [5.74, 6) is 0. The molecule has 1 heterocycles. The number of para-hydroxylation sites is 2. The van der Waals surface area contributed by atoms with Crippen LogP contribution in [0.25, 0.3) is 11.0 Å². The summed E-state index contributed by atoms with van der Waals surface area (Å²) in [4.78, 5) is 3.78. The molecule has 0 aliphatic rings. The summed E-state index contributed by atoms with van der Waals surface area (Å²) in [6.45, 7) is -2.65. The van der Waals surface area contributed by atoms with Crippen LogP contribution < -0.4 is 0 Å². The molecule has 5 heteroatoms. The number of hydrogen-bond donors (Lipinski definition) is 0. The zero-order valence-electron chi connectivity index (χ0n) is 6.42. The number of halogens is 3. The first-order valence-corrected chi connectivity index (χ1v) is 3.98. The summed E-state index contributed by atoms with van der Waals surface area (Å²) >= 11 is 5.53. The van der Waals surface area contributed by atoms with E-state index in [0.29, 0.717) is 15.6 Å². The van der Waals surface area contributed by atoms with E-state index in [9.17, 15) is 8.78 Å². The Morgan fingerprint density at radius 1 is 1.31 bits per heavy atom. The van der Waals surface area contributed by atoms with Gasteiger partial charge in [0.25, 0.3) is 0 Å². The Hall–Kier alpha value is -1.16. The van der Waals surface area contributed by atoms with Crippen LogP contribution in [0.4, 0.5) is 8.78 Å². The fraction of sp³-hybridized carbons (Fsp3) is 0.125. The Balaban J connectivity index is 2.78. The Morgan fingerprint density at radius 2 is 2.00 bits per heavy atom. The molecule has 13 heavy (non-hydrogen) atoms. The number of hydrogen-bond acceptors (Lipinski definition) is 1. The van der Waals surface area contributed by atoms with Crippen LogP contribution in [-0.4, -0.2) is 9.55 Å². The first kappa shape index (κ1) is 8.44. The summed E-state index contributed by atoms with van der Waals surface area (Å²) < 4.78 is 25.6. The average Bonchev–Trinajstić information content (AvgIpc) is 2.39. The zero-order chi connectivity index (χ0) is 9.42. The Kier molecular flexibility index (Phi) is 1.92. The molecule has 2 rings (SSSR count). The van der Waals surface area contributed by atoms with Crippen molar-refractivity contribution in [3.8, 4) is 0 Å². The smallest absolute Gasteiger partial charge is 0.257 e. The van der Waals surface area contributed by atoms with Gasteiger partial charge in [-0.25, -0.2) is 4.98 Å². The molecule has 2 nitrogen and oxygen atoms in total. The molecule has 2 aromatic rings. The molecule has 0 radical (unpaired) electrons. The summed E-state index contributed by atoms with van der Waals surface area (Å²) in [5.41, 5.74) is 0.829. The van der Waals surface area contributed by atoms with Crippen molar-refractivity contribution in [3.05, 3.63) is 29.5 Å². The molecule has 0 N–H and O–H groups in total. The lowest BCUT2D eigenvalue weighted by Gasteiger charge is -2.01. The third kappa shape index (κ3) is 1.27. The lowest BCUT2D eigenvalue weighted by molar-refractivity contribution is 0.0749. The largest absolute Gasteiger partial charge is 0.321 e. The first-order valence-electron chi connectivity index (χ1n) is 3.61. The number of benzene rings is 1. The van der Waals surface area contributed by atoms with Crippen molar-refractivity contribution in [2.24, 2.45) is 0 Å². The summed E-state index contributed by atoms with van der Waals surface area (Å²) in [5, 5.41) is -0.184. The third-order valence-corrected chi connectivity index (χ3v) is 2.01. The second-order valence-corrected chi connectivity index (χ2v) is 2.86. The lowest BCUT2D eigenvalue weighted by Crippen LogP contribution is -1.96. The van der Waals surface area contributed by atoms with Gasteiger partial charge in [0, 0.05) is 0 Å². The minimum Gasteiger partial charge on any atom is -0.257 e. The highest BCUT2D eigenvalue weighted by molar-refractivity contribution is 6.29. The zero-order valence-corrected chi connectivity index (χ0v) is 7.17. The van der Waals surface area contributed by atoms with Crippen molar-refractivity contribution in [3.63, 3.8) is 0 Å². The molecule has 1 aromatic carbocycles. The van der Waals surface area contributed by atoms with Gasteiger partial charge in [-0.05, 0) is 23.7 Å². The van der Waals surface area contributed by atoms with E-state index in [4.69, 9.17) is 11.6 Å². The van der Waals surface area contributed by atoms with Gasteiger partial charge in [-0.3, -0.25) is 4.57 Å². The second kappa shape index (κ2) is 2.96. The highest BCUT2D eigenvalue weighted by Crippen LogP contribution is 2.25.